The van der Waals surface area contributed by atoms with Crippen LogP contribution in [-0.2, 0) is 6.54 Å². The molecule has 8 heteroatoms. The second kappa shape index (κ2) is 9.01. The van der Waals surface area contributed by atoms with Gasteiger partial charge < -0.3 is 15.0 Å². The number of carbonyl (C=O) groups is 1. The Balaban J connectivity index is 1.50. The number of nitrogens with one attached hydrogen (secondary N) is 1. The van der Waals surface area contributed by atoms with Gasteiger partial charge in [-0.3, -0.25) is 4.79 Å². The first kappa shape index (κ1) is 21.2. The van der Waals surface area contributed by atoms with Crippen LogP contribution in [0.1, 0.15) is 29.3 Å². The Bertz CT molecular complexity index is 1060. The topological polar surface area (TPSA) is 54.5 Å². The highest BCUT2D eigenvalue weighted by Crippen LogP contribution is 2.33. The van der Waals surface area contributed by atoms with E-state index in [0.717, 1.165) is 16.1 Å². The third-order valence-corrected chi connectivity index (χ3v) is 5.92. The lowest BCUT2D eigenvalue weighted by Crippen LogP contribution is -2.26. The zero-order valence-corrected chi connectivity index (χ0v) is 17.9. The molecule has 0 bridgehead atoms. The standard InChI is InChI=1S/C23H23F2N3O2S/c1-2-30-20-7-6-18(28-10-8-23(24,25)15-28)13-19(20)21(29)27-14-16-4-3-5-17(12-16)22-26-9-11-31-22/h3-7,9,11-13H,2,8,10,14-15H2,1H3,(H,27,29). The maximum atomic E-state index is 13.6. The van der Waals surface area contributed by atoms with Gasteiger partial charge in [-0.05, 0) is 36.8 Å². The fraction of sp³-hybridized carbons (Fsp3) is 0.304. The number of benzene rings is 2. The first-order chi connectivity index (χ1) is 14.9. The summed E-state index contributed by atoms with van der Waals surface area (Å²) in [5.74, 6) is -2.58. The SMILES string of the molecule is CCOc1ccc(N2CCC(F)(F)C2)cc1C(=O)NCc1cccc(-c2nccs2)c1. The van der Waals surface area contributed by atoms with Crippen LogP contribution in [0.5, 0.6) is 5.75 Å². The number of hydrogen-bond donors (Lipinski definition) is 1. The number of rotatable bonds is 7. The number of aromatic nitrogens is 1. The molecule has 1 amide bonds. The van der Waals surface area contributed by atoms with Gasteiger partial charge in [-0.15, -0.1) is 11.3 Å². The number of amides is 1. The van der Waals surface area contributed by atoms with Crippen molar-refractivity contribution in [2.75, 3.05) is 24.6 Å². The fourth-order valence-electron chi connectivity index (χ4n) is 3.59. The summed E-state index contributed by atoms with van der Waals surface area (Å²) in [6, 6.07) is 12.9. The molecule has 31 heavy (non-hydrogen) atoms. The number of halogens is 2. The number of nitrogens with zero attached hydrogens (tertiary/aromatic N) is 2. The first-order valence-electron chi connectivity index (χ1n) is 10.1. The molecule has 0 radical (unpaired) electrons. The second-order valence-corrected chi connectivity index (χ2v) is 8.26. The van der Waals surface area contributed by atoms with Crippen LogP contribution in [0.15, 0.2) is 54.0 Å². The number of ether oxygens (including phenoxy) is 1. The van der Waals surface area contributed by atoms with Gasteiger partial charge in [0.1, 0.15) is 10.8 Å². The Hall–Kier alpha value is -3.00. The number of alkyl halides is 2. The predicted octanol–water partition coefficient (Wildman–Crippen LogP) is 4.98. The average molecular weight is 444 g/mol. The molecule has 1 aromatic heterocycles. The van der Waals surface area contributed by atoms with Crippen molar-refractivity contribution in [3.63, 3.8) is 0 Å². The van der Waals surface area contributed by atoms with Crippen LogP contribution in [0.4, 0.5) is 14.5 Å². The van der Waals surface area contributed by atoms with Crippen LogP contribution < -0.4 is 15.0 Å². The summed E-state index contributed by atoms with van der Waals surface area (Å²) in [5, 5.41) is 5.76. The minimum Gasteiger partial charge on any atom is -0.493 e. The quantitative estimate of drug-likeness (QED) is 0.559. The van der Waals surface area contributed by atoms with Gasteiger partial charge in [0.25, 0.3) is 11.8 Å². The second-order valence-electron chi connectivity index (χ2n) is 7.36. The van der Waals surface area contributed by atoms with Gasteiger partial charge in [0.2, 0.25) is 0 Å². The summed E-state index contributed by atoms with van der Waals surface area (Å²) < 4.78 is 32.9. The van der Waals surface area contributed by atoms with E-state index >= 15 is 0 Å². The van der Waals surface area contributed by atoms with Gasteiger partial charge in [0, 0.05) is 42.3 Å². The van der Waals surface area contributed by atoms with E-state index < -0.39 is 5.92 Å². The van der Waals surface area contributed by atoms with E-state index in [4.69, 9.17) is 4.74 Å². The molecule has 1 aliphatic heterocycles. The van der Waals surface area contributed by atoms with E-state index in [1.165, 1.54) is 0 Å². The minimum atomic E-state index is -2.70. The van der Waals surface area contributed by atoms with Crippen molar-refractivity contribution in [2.24, 2.45) is 0 Å². The molecule has 5 nitrogen and oxygen atoms in total. The molecule has 0 saturated carbocycles. The van der Waals surface area contributed by atoms with E-state index in [1.54, 1.807) is 40.6 Å². The highest BCUT2D eigenvalue weighted by atomic mass is 32.1. The fourth-order valence-corrected chi connectivity index (χ4v) is 4.22. The summed E-state index contributed by atoms with van der Waals surface area (Å²) in [4.78, 5) is 18.9. The molecule has 2 aromatic carbocycles. The maximum absolute atomic E-state index is 13.6. The lowest BCUT2D eigenvalue weighted by atomic mass is 10.1. The normalized spacial score (nSPS) is 15.1. The third-order valence-electron chi connectivity index (χ3n) is 5.10. The van der Waals surface area contributed by atoms with Gasteiger partial charge in [-0.1, -0.05) is 18.2 Å². The van der Waals surface area contributed by atoms with Gasteiger partial charge in [-0.2, -0.15) is 0 Å². The van der Waals surface area contributed by atoms with Crippen molar-refractivity contribution in [1.82, 2.24) is 10.3 Å². The van der Waals surface area contributed by atoms with E-state index in [1.807, 2.05) is 36.6 Å². The Morgan fingerprint density at radius 2 is 2.16 bits per heavy atom. The van der Waals surface area contributed by atoms with Crippen molar-refractivity contribution in [3.8, 4) is 16.3 Å². The molecular formula is C23H23F2N3O2S. The first-order valence-corrected chi connectivity index (χ1v) is 11.0. The molecule has 0 unspecified atom stereocenters. The van der Waals surface area contributed by atoms with Crippen LogP contribution in [-0.4, -0.2) is 36.5 Å². The zero-order valence-electron chi connectivity index (χ0n) is 17.1. The molecule has 1 saturated heterocycles. The Morgan fingerprint density at radius 1 is 1.29 bits per heavy atom. The van der Waals surface area contributed by atoms with Crippen LogP contribution in [0, 0.1) is 0 Å². The van der Waals surface area contributed by atoms with E-state index in [0.29, 0.717) is 30.2 Å². The highest BCUT2D eigenvalue weighted by molar-refractivity contribution is 7.13. The van der Waals surface area contributed by atoms with E-state index in [9.17, 15) is 13.6 Å². The van der Waals surface area contributed by atoms with Crippen LogP contribution >= 0.6 is 11.3 Å². The van der Waals surface area contributed by atoms with Crippen LogP contribution in [0.25, 0.3) is 10.6 Å². The van der Waals surface area contributed by atoms with Crippen molar-refractivity contribution in [2.45, 2.75) is 25.8 Å². The molecule has 0 atom stereocenters. The van der Waals surface area contributed by atoms with Crippen LogP contribution in [0.3, 0.4) is 0 Å². The number of thiazole rings is 1. The number of anilines is 1. The lowest BCUT2D eigenvalue weighted by Gasteiger charge is -2.20. The highest BCUT2D eigenvalue weighted by Gasteiger charge is 2.38. The summed E-state index contributed by atoms with van der Waals surface area (Å²) in [5.41, 5.74) is 2.87. The van der Waals surface area contributed by atoms with Gasteiger partial charge >= 0.3 is 0 Å². The van der Waals surface area contributed by atoms with Crippen molar-refractivity contribution in [1.29, 1.82) is 0 Å². The van der Waals surface area contributed by atoms with Crippen molar-refractivity contribution in [3.05, 3.63) is 65.2 Å². The molecule has 162 valence electrons. The average Bonchev–Trinajstić information content (AvgIpc) is 3.42. The smallest absolute Gasteiger partial charge is 0.266 e. The number of hydrogen-bond acceptors (Lipinski definition) is 5. The maximum Gasteiger partial charge on any atom is 0.266 e. The van der Waals surface area contributed by atoms with Crippen molar-refractivity contribution < 1.29 is 18.3 Å². The van der Waals surface area contributed by atoms with E-state index in [-0.39, 0.29) is 25.4 Å². The Kier molecular flexibility index (Phi) is 6.18. The largest absolute Gasteiger partial charge is 0.493 e. The molecule has 0 spiro atoms. The molecule has 0 aliphatic carbocycles. The zero-order chi connectivity index (χ0) is 21.8. The summed E-state index contributed by atoms with van der Waals surface area (Å²) in [6.07, 6.45) is 1.57. The molecule has 1 fully saturated rings. The summed E-state index contributed by atoms with van der Waals surface area (Å²) in [7, 11) is 0. The molecular weight excluding hydrogens is 420 g/mol. The summed E-state index contributed by atoms with van der Waals surface area (Å²) >= 11 is 1.55. The third kappa shape index (κ3) is 5.02. The van der Waals surface area contributed by atoms with Gasteiger partial charge in [0.15, 0.2) is 0 Å². The molecule has 4 rings (SSSR count). The Labute approximate surface area is 183 Å². The molecule has 1 aliphatic rings. The Morgan fingerprint density at radius 3 is 2.87 bits per heavy atom. The molecule has 2 heterocycles. The van der Waals surface area contributed by atoms with E-state index in [2.05, 4.69) is 10.3 Å². The van der Waals surface area contributed by atoms with Crippen molar-refractivity contribution >= 4 is 22.9 Å². The van der Waals surface area contributed by atoms with Gasteiger partial charge in [-0.25, -0.2) is 13.8 Å². The predicted molar refractivity (Wildman–Crippen MR) is 118 cm³/mol. The molecule has 3 aromatic rings. The van der Waals surface area contributed by atoms with Gasteiger partial charge in [0.05, 0.1) is 18.7 Å². The lowest BCUT2D eigenvalue weighted by molar-refractivity contribution is 0.0257. The van der Waals surface area contributed by atoms with Crippen LogP contribution in [0.2, 0.25) is 0 Å². The monoisotopic (exact) mass is 443 g/mol. The summed E-state index contributed by atoms with van der Waals surface area (Å²) in [6.45, 7) is 2.48. The molecule has 1 N–H and O–H groups in total. The number of carbonyl (C=O) groups excluding carboxylic acids is 1. The minimum absolute atomic E-state index is 0.183.